The molecule has 164 valence electrons. The molecule has 0 amide bonds. The molecule has 0 aliphatic carbocycles. The molecule has 29 heavy (non-hydrogen) atoms. The van der Waals surface area contributed by atoms with Gasteiger partial charge in [0.25, 0.3) is 0 Å². The zero-order chi connectivity index (χ0) is 22.1. The molecule has 0 spiro atoms. The SMILES string of the molecule is CC(=O)CC(=O)OCCCC(C)=CCOCC=C(C)CCCOC(=O)CC(C)=O. The summed E-state index contributed by atoms with van der Waals surface area (Å²) in [5.41, 5.74) is 2.31. The van der Waals surface area contributed by atoms with Gasteiger partial charge in [0.2, 0.25) is 0 Å². The Hall–Kier alpha value is -2.28. The first kappa shape index (κ1) is 26.7. The number of esters is 2. The third-order valence-corrected chi connectivity index (χ3v) is 3.84. The fraction of sp³-hybridized carbons (Fsp3) is 0.636. The van der Waals surface area contributed by atoms with Crippen LogP contribution in [0.15, 0.2) is 23.3 Å². The Labute approximate surface area is 173 Å². The summed E-state index contributed by atoms with van der Waals surface area (Å²) in [4.78, 5) is 44.0. The molecule has 0 bridgehead atoms. The van der Waals surface area contributed by atoms with Crippen molar-refractivity contribution in [3.05, 3.63) is 23.3 Å². The van der Waals surface area contributed by atoms with Crippen LogP contribution >= 0.6 is 0 Å². The van der Waals surface area contributed by atoms with Crippen LogP contribution in [0.25, 0.3) is 0 Å². The number of ether oxygens (including phenoxy) is 3. The number of ketones is 2. The molecule has 0 saturated carbocycles. The van der Waals surface area contributed by atoms with Gasteiger partial charge in [-0.05, 0) is 53.4 Å². The number of hydrogen-bond donors (Lipinski definition) is 0. The first-order chi connectivity index (χ1) is 13.7. The fourth-order valence-corrected chi connectivity index (χ4v) is 2.26. The molecule has 0 aliphatic rings. The Kier molecular flexibility index (Phi) is 15.3. The standard InChI is InChI=1S/C22H34O7/c1-17(7-5-11-28-21(25)15-19(3)23)9-13-27-14-10-18(2)8-6-12-29-22(26)16-20(4)24/h9-10H,5-8,11-16H2,1-4H3. The van der Waals surface area contributed by atoms with E-state index in [1.165, 1.54) is 13.8 Å². The lowest BCUT2D eigenvalue weighted by atomic mass is 10.1. The molecule has 0 aromatic heterocycles. The van der Waals surface area contributed by atoms with Gasteiger partial charge in [-0.2, -0.15) is 0 Å². The van der Waals surface area contributed by atoms with E-state index in [0.29, 0.717) is 39.3 Å². The molecule has 0 heterocycles. The Bertz CT molecular complexity index is 550. The summed E-state index contributed by atoms with van der Waals surface area (Å²) in [5, 5.41) is 0. The topological polar surface area (TPSA) is 96.0 Å². The van der Waals surface area contributed by atoms with E-state index >= 15 is 0 Å². The molecule has 0 rings (SSSR count). The van der Waals surface area contributed by atoms with Crippen molar-refractivity contribution in [2.75, 3.05) is 26.4 Å². The van der Waals surface area contributed by atoms with Gasteiger partial charge in [0.15, 0.2) is 0 Å². The minimum Gasteiger partial charge on any atom is -0.465 e. The number of carbonyl (C=O) groups is 4. The summed E-state index contributed by atoms with van der Waals surface area (Å²) >= 11 is 0. The van der Waals surface area contributed by atoms with Gasteiger partial charge in [0, 0.05) is 0 Å². The second kappa shape index (κ2) is 16.7. The highest BCUT2D eigenvalue weighted by molar-refractivity contribution is 5.94. The summed E-state index contributed by atoms with van der Waals surface area (Å²) in [5.74, 6) is -1.33. The van der Waals surface area contributed by atoms with Crippen LogP contribution in [0.4, 0.5) is 0 Å². The average molecular weight is 411 g/mol. The van der Waals surface area contributed by atoms with Crippen LogP contribution in [-0.2, 0) is 33.4 Å². The number of allylic oxidation sites excluding steroid dienone is 2. The molecule has 7 nitrogen and oxygen atoms in total. The van der Waals surface area contributed by atoms with E-state index in [0.717, 1.165) is 24.0 Å². The first-order valence-electron chi connectivity index (χ1n) is 9.89. The molecule has 0 aliphatic heterocycles. The quantitative estimate of drug-likeness (QED) is 0.166. The van der Waals surface area contributed by atoms with E-state index in [-0.39, 0.29) is 24.4 Å². The van der Waals surface area contributed by atoms with E-state index < -0.39 is 11.9 Å². The Balaban J connectivity index is 3.75. The van der Waals surface area contributed by atoms with Gasteiger partial charge < -0.3 is 14.2 Å². The second-order valence-corrected chi connectivity index (χ2v) is 7.04. The van der Waals surface area contributed by atoms with Gasteiger partial charge in [-0.3, -0.25) is 19.2 Å². The zero-order valence-electron chi connectivity index (χ0n) is 18.1. The highest BCUT2D eigenvalue weighted by atomic mass is 16.5. The highest BCUT2D eigenvalue weighted by Crippen LogP contribution is 2.06. The molecule has 0 radical (unpaired) electrons. The molecular formula is C22H34O7. The number of rotatable bonds is 16. The van der Waals surface area contributed by atoms with Crippen LogP contribution in [0.5, 0.6) is 0 Å². The van der Waals surface area contributed by atoms with Crippen LogP contribution in [0.1, 0.15) is 66.2 Å². The van der Waals surface area contributed by atoms with Crippen molar-refractivity contribution in [2.24, 2.45) is 0 Å². The first-order valence-corrected chi connectivity index (χ1v) is 9.89. The van der Waals surface area contributed by atoms with Crippen LogP contribution in [0, 0.1) is 0 Å². The van der Waals surface area contributed by atoms with Crippen LogP contribution in [0.2, 0.25) is 0 Å². The molecule has 0 saturated heterocycles. The van der Waals surface area contributed by atoms with Crippen LogP contribution < -0.4 is 0 Å². The van der Waals surface area contributed by atoms with Crippen LogP contribution in [0.3, 0.4) is 0 Å². The van der Waals surface area contributed by atoms with Gasteiger partial charge in [-0.15, -0.1) is 0 Å². The smallest absolute Gasteiger partial charge is 0.313 e. The van der Waals surface area contributed by atoms with Gasteiger partial charge in [-0.25, -0.2) is 0 Å². The average Bonchev–Trinajstić information content (AvgIpc) is 2.61. The second-order valence-electron chi connectivity index (χ2n) is 7.04. The van der Waals surface area contributed by atoms with Gasteiger partial charge in [0.05, 0.1) is 26.4 Å². The van der Waals surface area contributed by atoms with Crippen LogP contribution in [-0.4, -0.2) is 49.9 Å². The van der Waals surface area contributed by atoms with Crippen molar-refractivity contribution in [3.63, 3.8) is 0 Å². The van der Waals surface area contributed by atoms with Gasteiger partial charge >= 0.3 is 11.9 Å². The van der Waals surface area contributed by atoms with E-state index in [1.54, 1.807) is 0 Å². The fourth-order valence-electron chi connectivity index (χ4n) is 2.26. The summed E-state index contributed by atoms with van der Waals surface area (Å²) in [6.07, 6.45) is 6.68. The van der Waals surface area contributed by atoms with Crippen molar-refractivity contribution < 1.29 is 33.4 Å². The minimum atomic E-state index is -0.473. The Morgan fingerprint density at radius 2 is 1.03 bits per heavy atom. The number of Topliss-reactive ketones (excluding diaryl/α,β-unsaturated/α-hetero) is 2. The lowest BCUT2D eigenvalue weighted by molar-refractivity contribution is -0.147. The zero-order valence-corrected chi connectivity index (χ0v) is 18.1. The molecule has 0 N–H and O–H groups in total. The third kappa shape index (κ3) is 18.8. The summed E-state index contributed by atoms with van der Waals surface area (Å²) in [6, 6.07) is 0. The molecule has 0 atom stereocenters. The van der Waals surface area contributed by atoms with Crippen molar-refractivity contribution in [1.82, 2.24) is 0 Å². The molecule has 0 unspecified atom stereocenters. The monoisotopic (exact) mass is 410 g/mol. The highest BCUT2D eigenvalue weighted by Gasteiger charge is 2.06. The minimum absolute atomic E-state index is 0.166. The Morgan fingerprint density at radius 1 is 0.655 bits per heavy atom. The van der Waals surface area contributed by atoms with Crippen molar-refractivity contribution in [1.29, 1.82) is 0 Å². The number of hydrogen-bond acceptors (Lipinski definition) is 7. The molecule has 7 heteroatoms. The lowest BCUT2D eigenvalue weighted by Crippen LogP contribution is -2.09. The van der Waals surface area contributed by atoms with Crippen molar-refractivity contribution in [3.8, 4) is 0 Å². The van der Waals surface area contributed by atoms with Crippen molar-refractivity contribution >= 4 is 23.5 Å². The summed E-state index contributed by atoms with van der Waals surface area (Å²) in [7, 11) is 0. The predicted octanol–water partition coefficient (Wildman–Crippen LogP) is 3.50. The summed E-state index contributed by atoms with van der Waals surface area (Å²) in [6.45, 7) is 8.34. The summed E-state index contributed by atoms with van der Waals surface area (Å²) < 4.78 is 15.5. The number of carbonyl (C=O) groups excluding carboxylic acids is 4. The maximum Gasteiger partial charge on any atom is 0.313 e. The van der Waals surface area contributed by atoms with Crippen molar-refractivity contribution in [2.45, 2.75) is 66.2 Å². The van der Waals surface area contributed by atoms with E-state index in [9.17, 15) is 19.2 Å². The van der Waals surface area contributed by atoms with E-state index in [1.807, 2.05) is 26.0 Å². The molecular weight excluding hydrogens is 376 g/mol. The third-order valence-electron chi connectivity index (χ3n) is 3.84. The Morgan fingerprint density at radius 3 is 1.38 bits per heavy atom. The molecule has 0 fully saturated rings. The maximum absolute atomic E-state index is 11.2. The molecule has 0 aromatic rings. The molecule has 0 aromatic carbocycles. The predicted molar refractivity (Wildman–Crippen MR) is 109 cm³/mol. The van der Waals surface area contributed by atoms with Gasteiger partial charge in [0.1, 0.15) is 24.4 Å². The van der Waals surface area contributed by atoms with Gasteiger partial charge in [-0.1, -0.05) is 23.3 Å². The largest absolute Gasteiger partial charge is 0.465 e. The normalized spacial score (nSPS) is 11.9. The lowest BCUT2D eigenvalue weighted by Gasteiger charge is -2.05. The van der Waals surface area contributed by atoms with E-state index in [2.05, 4.69) is 0 Å². The maximum atomic E-state index is 11.2. The van der Waals surface area contributed by atoms with E-state index in [4.69, 9.17) is 14.2 Å².